The molecule has 0 bridgehead atoms. The quantitative estimate of drug-likeness (QED) is 0.719. The summed E-state index contributed by atoms with van der Waals surface area (Å²) in [6.07, 6.45) is 7.63. The van der Waals surface area contributed by atoms with Crippen molar-refractivity contribution in [1.82, 2.24) is 0 Å². The van der Waals surface area contributed by atoms with Crippen LogP contribution < -0.4 is 0 Å². The van der Waals surface area contributed by atoms with Crippen LogP contribution in [0.15, 0.2) is 42.7 Å². The molecule has 1 N–H and O–H groups in total. The van der Waals surface area contributed by atoms with E-state index in [9.17, 15) is 5.11 Å². The van der Waals surface area contributed by atoms with Gasteiger partial charge >= 0.3 is 0 Å². The molecule has 19 heavy (non-hydrogen) atoms. The van der Waals surface area contributed by atoms with Gasteiger partial charge in [0.1, 0.15) is 0 Å². The van der Waals surface area contributed by atoms with Crippen LogP contribution in [0.3, 0.4) is 0 Å². The third-order valence-electron chi connectivity index (χ3n) is 4.40. The van der Waals surface area contributed by atoms with E-state index in [1.54, 1.807) is 0 Å². The summed E-state index contributed by atoms with van der Waals surface area (Å²) < 4.78 is 0. The van der Waals surface area contributed by atoms with Crippen molar-refractivity contribution in [3.05, 3.63) is 53.8 Å². The lowest BCUT2D eigenvalue weighted by Gasteiger charge is -2.37. The normalized spacial score (nSPS) is 19.2. The Balaban J connectivity index is 2.41. The minimum atomic E-state index is -0.152. The van der Waals surface area contributed by atoms with Crippen LogP contribution in [0.1, 0.15) is 57.1 Å². The van der Waals surface area contributed by atoms with Crippen molar-refractivity contribution >= 4 is 5.57 Å². The molecule has 0 atom stereocenters. The minimum absolute atomic E-state index is 0.152. The van der Waals surface area contributed by atoms with E-state index in [-0.39, 0.29) is 5.41 Å². The Bertz CT molecular complexity index is 473. The number of hydrogen-bond acceptors (Lipinski definition) is 1. The van der Waals surface area contributed by atoms with Crippen molar-refractivity contribution in [2.45, 2.75) is 51.4 Å². The zero-order valence-corrected chi connectivity index (χ0v) is 12.1. The van der Waals surface area contributed by atoms with Crippen molar-refractivity contribution in [2.24, 2.45) is 0 Å². The average molecular weight is 256 g/mol. The van der Waals surface area contributed by atoms with Crippen molar-refractivity contribution in [2.75, 3.05) is 0 Å². The number of hydrogen-bond donors (Lipinski definition) is 1. The molecule has 0 aliphatic heterocycles. The van der Waals surface area contributed by atoms with Gasteiger partial charge in [-0.25, -0.2) is 0 Å². The molecule has 0 aromatic heterocycles. The second-order valence-corrected chi connectivity index (χ2v) is 5.67. The van der Waals surface area contributed by atoms with Crippen LogP contribution >= 0.6 is 0 Å². The van der Waals surface area contributed by atoms with Crippen LogP contribution in [0.5, 0.6) is 0 Å². The van der Waals surface area contributed by atoms with E-state index in [1.165, 1.54) is 30.4 Å². The molecule has 2 rings (SSSR count). The van der Waals surface area contributed by atoms with Gasteiger partial charge in [0.25, 0.3) is 0 Å². The number of allylic oxidation sites excluding steroid dienone is 3. The summed E-state index contributed by atoms with van der Waals surface area (Å²) in [6, 6.07) is 8.57. The van der Waals surface area contributed by atoms with E-state index in [4.69, 9.17) is 0 Å². The fraction of sp³-hybridized carbons (Fsp3) is 0.444. The van der Waals surface area contributed by atoms with Crippen LogP contribution in [0.2, 0.25) is 0 Å². The first-order valence-electron chi connectivity index (χ1n) is 7.22. The van der Waals surface area contributed by atoms with Gasteiger partial charge < -0.3 is 5.11 Å². The van der Waals surface area contributed by atoms with Crippen LogP contribution in [-0.4, -0.2) is 5.11 Å². The van der Waals surface area contributed by atoms with Crippen LogP contribution in [-0.2, 0) is 5.41 Å². The second kappa shape index (κ2) is 5.64. The molecule has 102 valence electrons. The van der Waals surface area contributed by atoms with Gasteiger partial charge in [-0.1, -0.05) is 55.7 Å². The van der Waals surface area contributed by atoms with Crippen LogP contribution in [0, 0.1) is 0 Å². The van der Waals surface area contributed by atoms with Crippen molar-refractivity contribution in [3.63, 3.8) is 0 Å². The lowest BCUT2D eigenvalue weighted by molar-refractivity contribution is 0.231. The van der Waals surface area contributed by atoms with Gasteiger partial charge in [-0.3, -0.25) is 0 Å². The zero-order chi connectivity index (χ0) is 13.9. The molecule has 1 aromatic carbocycles. The van der Waals surface area contributed by atoms with Gasteiger partial charge in [-0.2, -0.15) is 0 Å². The van der Waals surface area contributed by atoms with E-state index < -0.39 is 0 Å². The SMILES string of the molecule is C=C(C)c1ccc(C2(/C(O)=C/C)CCCCC2)cc1. The molecule has 1 aromatic rings. The second-order valence-electron chi connectivity index (χ2n) is 5.67. The topological polar surface area (TPSA) is 20.2 Å². The van der Waals surface area contributed by atoms with Crippen molar-refractivity contribution in [3.8, 4) is 0 Å². The molecular formula is C18H24O. The van der Waals surface area contributed by atoms with Gasteiger partial charge in [-0.05, 0) is 43.9 Å². The smallest absolute Gasteiger partial charge is 0.0985 e. The molecule has 0 heterocycles. The van der Waals surface area contributed by atoms with E-state index in [0.29, 0.717) is 5.76 Å². The fourth-order valence-corrected chi connectivity index (χ4v) is 3.20. The Hall–Kier alpha value is -1.50. The molecular weight excluding hydrogens is 232 g/mol. The molecule has 1 aliphatic carbocycles. The van der Waals surface area contributed by atoms with Gasteiger partial charge in [0, 0.05) is 0 Å². The largest absolute Gasteiger partial charge is 0.512 e. The number of aliphatic hydroxyl groups excluding tert-OH is 1. The van der Waals surface area contributed by atoms with Gasteiger partial charge in [-0.15, -0.1) is 0 Å². The number of benzene rings is 1. The van der Waals surface area contributed by atoms with Crippen molar-refractivity contribution in [1.29, 1.82) is 0 Å². The molecule has 0 amide bonds. The first-order valence-corrected chi connectivity index (χ1v) is 7.22. The minimum Gasteiger partial charge on any atom is -0.512 e. The lowest BCUT2D eigenvalue weighted by atomic mass is 9.68. The standard InChI is InChI=1S/C18H24O/c1-4-17(19)18(12-6-5-7-13-18)16-10-8-15(9-11-16)14(2)3/h4,8-11,19H,2,5-7,12-13H2,1,3H3/b17-4-. The maximum absolute atomic E-state index is 10.4. The monoisotopic (exact) mass is 256 g/mol. The first kappa shape index (κ1) is 13.9. The van der Waals surface area contributed by atoms with Gasteiger partial charge in [0.15, 0.2) is 0 Å². The Morgan fingerprint density at radius 2 is 1.74 bits per heavy atom. The number of aliphatic hydroxyl groups is 1. The Labute approximate surface area is 116 Å². The summed E-state index contributed by atoms with van der Waals surface area (Å²) >= 11 is 0. The van der Waals surface area contributed by atoms with Gasteiger partial charge in [0.05, 0.1) is 11.2 Å². The van der Waals surface area contributed by atoms with Crippen LogP contribution in [0.4, 0.5) is 0 Å². The number of rotatable bonds is 3. The summed E-state index contributed by atoms with van der Waals surface area (Å²) in [5.41, 5.74) is 3.35. The van der Waals surface area contributed by atoms with Gasteiger partial charge in [0.2, 0.25) is 0 Å². The van der Waals surface area contributed by atoms with E-state index in [0.717, 1.165) is 18.4 Å². The molecule has 0 spiro atoms. The van der Waals surface area contributed by atoms with E-state index >= 15 is 0 Å². The molecule has 1 nitrogen and oxygen atoms in total. The summed E-state index contributed by atoms with van der Waals surface area (Å²) in [5.74, 6) is 0.537. The lowest BCUT2D eigenvalue weighted by Crippen LogP contribution is -2.31. The Kier molecular flexibility index (Phi) is 4.14. The molecule has 0 radical (unpaired) electrons. The summed E-state index contributed by atoms with van der Waals surface area (Å²) in [5, 5.41) is 10.4. The molecule has 1 fully saturated rings. The zero-order valence-electron chi connectivity index (χ0n) is 12.1. The predicted octanol–water partition coefficient (Wildman–Crippen LogP) is 5.38. The predicted molar refractivity (Wildman–Crippen MR) is 82.3 cm³/mol. The maximum Gasteiger partial charge on any atom is 0.0985 e. The Morgan fingerprint density at radius 3 is 2.21 bits per heavy atom. The summed E-state index contributed by atoms with van der Waals surface area (Å²) in [6.45, 7) is 7.92. The first-order chi connectivity index (χ1) is 9.10. The molecule has 1 saturated carbocycles. The molecule has 1 aliphatic rings. The average Bonchev–Trinajstić information content (AvgIpc) is 2.47. The molecule has 0 saturated heterocycles. The third-order valence-corrected chi connectivity index (χ3v) is 4.40. The molecule has 1 heteroatoms. The van der Waals surface area contributed by atoms with Crippen LogP contribution in [0.25, 0.3) is 5.57 Å². The Morgan fingerprint density at radius 1 is 1.16 bits per heavy atom. The highest BCUT2D eigenvalue weighted by Crippen LogP contribution is 2.44. The fourth-order valence-electron chi connectivity index (χ4n) is 3.20. The highest BCUT2D eigenvalue weighted by atomic mass is 16.3. The van der Waals surface area contributed by atoms with E-state index in [1.807, 2.05) is 19.9 Å². The maximum atomic E-state index is 10.4. The van der Waals surface area contributed by atoms with E-state index in [2.05, 4.69) is 30.8 Å². The van der Waals surface area contributed by atoms with Crippen molar-refractivity contribution < 1.29 is 5.11 Å². The third kappa shape index (κ3) is 2.60. The highest BCUT2D eigenvalue weighted by molar-refractivity contribution is 5.61. The molecule has 0 unspecified atom stereocenters. The summed E-state index contributed by atoms with van der Waals surface area (Å²) in [7, 11) is 0. The summed E-state index contributed by atoms with van der Waals surface area (Å²) in [4.78, 5) is 0. The highest BCUT2D eigenvalue weighted by Gasteiger charge is 2.37.